The Morgan fingerprint density at radius 1 is 1.16 bits per heavy atom. The van der Waals surface area contributed by atoms with Gasteiger partial charge in [-0.1, -0.05) is 12.1 Å². The molecule has 0 unspecified atom stereocenters. The van der Waals surface area contributed by atoms with Crippen molar-refractivity contribution in [1.29, 1.82) is 5.26 Å². The second-order valence-corrected chi connectivity index (χ2v) is 3.78. The molecule has 2 aromatic rings. The molecule has 5 nitrogen and oxygen atoms in total. The van der Waals surface area contributed by atoms with Crippen LogP contribution in [-0.2, 0) is 0 Å². The van der Waals surface area contributed by atoms with Crippen LogP contribution < -0.4 is 15.4 Å². The molecule has 0 amide bonds. The monoisotopic (exact) mass is 254 g/mol. The Balaban J connectivity index is 2.39. The summed E-state index contributed by atoms with van der Waals surface area (Å²) < 4.78 is 5.26. The third-order valence-corrected chi connectivity index (χ3v) is 2.62. The molecule has 0 aliphatic carbocycles. The van der Waals surface area contributed by atoms with Crippen LogP contribution in [-0.4, -0.2) is 19.1 Å². The van der Waals surface area contributed by atoms with Gasteiger partial charge in [0.1, 0.15) is 29.1 Å². The summed E-state index contributed by atoms with van der Waals surface area (Å²) in [6.07, 6.45) is 0. The number of hydrogen-bond acceptors (Lipinski definition) is 5. The maximum Gasteiger partial charge on any atom is 0.143 e. The number of benzene rings is 1. The van der Waals surface area contributed by atoms with Gasteiger partial charge in [0.15, 0.2) is 0 Å². The van der Waals surface area contributed by atoms with Crippen molar-refractivity contribution in [3.05, 3.63) is 42.0 Å². The van der Waals surface area contributed by atoms with Crippen LogP contribution in [0.4, 0.5) is 17.3 Å². The van der Waals surface area contributed by atoms with Crippen molar-refractivity contribution < 1.29 is 4.74 Å². The fraction of sp³-hybridized carbons (Fsp3) is 0.143. The Bertz CT molecular complexity index is 619. The molecule has 1 aromatic heterocycles. The van der Waals surface area contributed by atoms with Gasteiger partial charge in [-0.2, -0.15) is 5.26 Å². The van der Waals surface area contributed by atoms with E-state index in [0.29, 0.717) is 22.8 Å². The summed E-state index contributed by atoms with van der Waals surface area (Å²) in [4.78, 5) is 4.35. The highest BCUT2D eigenvalue weighted by atomic mass is 16.5. The molecule has 5 heteroatoms. The number of rotatable bonds is 4. The van der Waals surface area contributed by atoms with Crippen molar-refractivity contribution in [3.63, 3.8) is 0 Å². The van der Waals surface area contributed by atoms with Gasteiger partial charge in [0.2, 0.25) is 0 Å². The average molecular weight is 254 g/mol. The molecule has 0 spiro atoms. The van der Waals surface area contributed by atoms with Crippen molar-refractivity contribution in [2.24, 2.45) is 0 Å². The van der Waals surface area contributed by atoms with E-state index in [2.05, 4.69) is 21.7 Å². The van der Waals surface area contributed by atoms with Crippen molar-refractivity contribution >= 4 is 17.3 Å². The van der Waals surface area contributed by atoms with Gasteiger partial charge in [-0.15, -0.1) is 0 Å². The Morgan fingerprint density at radius 2 is 1.89 bits per heavy atom. The molecule has 1 aromatic carbocycles. The lowest BCUT2D eigenvalue weighted by molar-refractivity contribution is 0.416. The number of nitrogens with zero attached hydrogens (tertiary/aromatic N) is 2. The van der Waals surface area contributed by atoms with Gasteiger partial charge in [0.05, 0.1) is 12.7 Å². The van der Waals surface area contributed by atoms with E-state index in [-0.39, 0.29) is 0 Å². The first kappa shape index (κ1) is 12.7. The number of nitriles is 1. The molecule has 0 bridgehead atoms. The van der Waals surface area contributed by atoms with Crippen LogP contribution in [0.3, 0.4) is 0 Å². The maximum absolute atomic E-state index is 9.14. The number of methoxy groups -OCH3 is 1. The molecule has 96 valence electrons. The molecule has 19 heavy (non-hydrogen) atoms. The fourth-order valence-corrected chi connectivity index (χ4v) is 1.69. The van der Waals surface area contributed by atoms with Gasteiger partial charge in [-0.05, 0) is 24.3 Å². The lowest BCUT2D eigenvalue weighted by Gasteiger charge is -2.12. The molecule has 0 aliphatic rings. The zero-order valence-corrected chi connectivity index (χ0v) is 10.8. The standard InChI is InChI=1S/C14H14N4O/c1-16-12-7-4-8-13(17-12)18-14-10(9-15)5-3-6-11(14)19-2/h3-8H,1-2H3,(H2,16,17,18). The van der Waals surface area contributed by atoms with E-state index >= 15 is 0 Å². The molecule has 0 atom stereocenters. The number of para-hydroxylation sites is 1. The minimum atomic E-state index is 0.510. The van der Waals surface area contributed by atoms with Crippen LogP contribution in [0.1, 0.15) is 5.56 Å². The SMILES string of the molecule is CNc1cccc(Nc2c(C#N)cccc2OC)n1. The molecular formula is C14H14N4O. The Morgan fingerprint density at radius 3 is 2.58 bits per heavy atom. The molecular weight excluding hydrogens is 240 g/mol. The van der Waals surface area contributed by atoms with Crippen molar-refractivity contribution in [2.75, 3.05) is 24.8 Å². The summed E-state index contributed by atoms with van der Waals surface area (Å²) in [6.45, 7) is 0. The van der Waals surface area contributed by atoms with Crippen LogP contribution in [0.2, 0.25) is 0 Å². The second kappa shape index (κ2) is 5.74. The lowest BCUT2D eigenvalue weighted by atomic mass is 10.2. The molecule has 2 N–H and O–H groups in total. The third-order valence-electron chi connectivity index (χ3n) is 2.62. The number of nitrogens with one attached hydrogen (secondary N) is 2. The van der Waals surface area contributed by atoms with Crippen molar-refractivity contribution in [2.45, 2.75) is 0 Å². The number of ether oxygens (including phenoxy) is 1. The van der Waals surface area contributed by atoms with Gasteiger partial charge in [-0.3, -0.25) is 0 Å². The zero-order valence-electron chi connectivity index (χ0n) is 10.8. The number of aromatic nitrogens is 1. The van der Waals surface area contributed by atoms with Gasteiger partial charge in [-0.25, -0.2) is 4.98 Å². The highest BCUT2D eigenvalue weighted by molar-refractivity contribution is 5.72. The Kier molecular flexibility index (Phi) is 3.84. The first-order chi connectivity index (χ1) is 9.28. The second-order valence-electron chi connectivity index (χ2n) is 3.78. The average Bonchev–Trinajstić information content (AvgIpc) is 2.47. The van der Waals surface area contributed by atoms with Gasteiger partial charge >= 0.3 is 0 Å². The Hall–Kier alpha value is -2.74. The third kappa shape index (κ3) is 2.75. The van der Waals surface area contributed by atoms with E-state index in [1.165, 1.54) is 0 Å². The molecule has 1 heterocycles. The van der Waals surface area contributed by atoms with Crippen LogP contribution in [0.15, 0.2) is 36.4 Å². The van der Waals surface area contributed by atoms with Crippen molar-refractivity contribution in [3.8, 4) is 11.8 Å². The smallest absolute Gasteiger partial charge is 0.143 e. The number of pyridine rings is 1. The van der Waals surface area contributed by atoms with E-state index in [9.17, 15) is 0 Å². The fourth-order valence-electron chi connectivity index (χ4n) is 1.69. The Labute approximate surface area is 111 Å². The van der Waals surface area contributed by atoms with Crippen LogP contribution >= 0.6 is 0 Å². The van der Waals surface area contributed by atoms with Gasteiger partial charge in [0, 0.05) is 7.05 Å². The summed E-state index contributed by atoms with van der Waals surface area (Å²) >= 11 is 0. The van der Waals surface area contributed by atoms with Crippen LogP contribution in [0.25, 0.3) is 0 Å². The predicted octanol–water partition coefficient (Wildman–Crippen LogP) is 2.75. The van der Waals surface area contributed by atoms with E-state index in [0.717, 1.165) is 5.82 Å². The molecule has 0 saturated carbocycles. The molecule has 0 saturated heterocycles. The number of anilines is 3. The first-order valence-corrected chi connectivity index (χ1v) is 5.77. The number of hydrogen-bond donors (Lipinski definition) is 2. The van der Waals surface area contributed by atoms with Crippen molar-refractivity contribution in [1.82, 2.24) is 4.98 Å². The summed E-state index contributed by atoms with van der Waals surface area (Å²) in [5.41, 5.74) is 1.13. The lowest BCUT2D eigenvalue weighted by Crippen LogP contribution is -2.01. The molecule has 0 fully saturated rings. The first-order valence-electron chi connectivity index (χ1n) is 5.77. The summed E-state index contributed by atoms with van der Waals surface area (Å²) in [6, 6.07) is 13.0. The van der Waals surface area contributed by atoms with E-state index in [4.69, 9.17) is 10.00 Å². The van der Waals surface area contributed by atoms with Crippen LogP contribution in [0, 0.1) is 11.3 Å². The van der Waals surface area contributed by atoms with E-state index in [1.54, 1.807) is 32.4 Å². The predicted molar refractivity (Wildman–Crippen MR) is 74.8 cm³/mol. The normalized spacial score (nSPS) is 9.53. The summed E-state index contributed by atoms with van der Waals surface area (Å²) in [5, 5.41) is 15.2. The molecule has 2 rings (SSSR count). The summed E-state index contributed by atoms with van der Waals surface area (Å²) in [5.74, 6) is 2.00. The maximum atomic E-state index is 9.14. The van der Waals surface area contributed by atoms with Gasteiger partial charge in [0.25, 0.3) is 0 Å². The van der Waals surface area contributed by atoms with E-state index in [1.807, 2.05) is 18.2 Å². The largest absolute Gasteiger partial charge is 0.495 e. The molecule has 0 aliphatic heterocycles. The van der Waals surface area contributed by atoms with E-state index < -0.39 is 0 Å². The zero-order chi connectivity index (χ0) is 13.7. The highest BCUT2D eigenvalue weighted by Gasteiger charge is 2.09. The van der Waals surface area contributed by atoms with Crippen LogP contribution in [0.5, 0.6) is 5.75 Å². The van der Waals surface area contributed by atoms with Gasteiger partial charge < -0.3 is 15.4 Å². The molecule has 0 radical (unpaired) electrons. The quantitative estimate of drug-likeness (QED) is 0.878. The minimum Gasteiger partial charge on any atom is -0.495 e. The topological polar surface area (TPSA) is 70.0 Å². The summed E-state index contributed by atoms with van der Waals surface area (Å²) in [7, 11) is 3.37. The minimum absolute atomic E-state index is 0.510. The highest BCUT2D eigenvalue weighted by Crippen LogP contribution is 2.30.